The minimum atomic E-state index is -3.07. The summed E-state index contributed by atoms with van der Waals surface area (Å²) in [5, 5.41) is 25.7. The molecular weight excluding hydrogens is 490 g/mol. The van der Waals surface area contributed by atoms with Crippen molar-refractivity contribution in [3.05, 3.63) is 53.0 Å². The monoisotopic (exact) mass is 516 g/mol. The fraction of sp³-hybridized carbons (Fsp3) is 0.375. The Morgan fingerprint density at radius 2 is 2.08 bits per heavy atom. The minimum Gasteiger partial charge on any atom is -0.507 e. The van der Waals surface area contributed by atoms with Gasteiger partial charge in [-0.1, -0.05) is 6.07 Å². The molecule has 2 atom stereocenters. The number of anilines is 1. The van der Waals surface area contributed by atoms with Crippen LogP contribution in [0.5, 0.6) is 5.75 Å². The molecule has 0 saturated heterocycles. The normalized spacial score (nSPS) is 17.2. The molecule has 1 aliphatic carbocycles. The maximum absolute atomic E-state index is 13.7. The summed E-state index contributed by atoms with van der Waals surface area (Å²) >= 11 is 0. The number of aldehydes is 1. The quantitative estimate of drug-likeness (QED) is 0.329. The lowest BCUT2D eigenvalue weighted by Gasteiger charge is -2.14. The number of ether oxygens (including phenoxy) is 1. The summed E-state index contributed by atoms with van der Waals surface area (Å²) in [5.74, 6) is -1.08. The van der Waals surface area contributed by atoms with Gasteiger partial charge in [-0.3, -0.25) is 14.7 Å². The second kappa shape index (κ2) is 10.8. The average molecular weight is 517 g/mol. The van der Waals surface area contributed by atoms with Gasteiger partial charge in [0.2, 0.25) is 0 Å². The number of carbonyl (C=O) groups is 3. The van der Waals surface area contributed by atoms with Gasteiger partial charge in [-0.25, -0.2) is 18.3 Å². The van der Waals surface area contributed by atoms with E-state index in [-0.39, 0.29) is 40.9 Å². The maximum atomic E-state index is 13.7. The van der Waals surface area contributed by atoms with Crippen LogP contribution in [0.4, 0.5) is 19.4 Å². The van der Waals surface area contributed by atoms with Gasteiger partial charge < -0.3 is 20.5 Å². The van der Waals surface area contributed by atoms with Crippen LogP contribution in [0.25, 0.3) is 5.69 Å². The molecule has 1 aliphatic rings. The highest BCUT2D eigenvalue weighted by Crippen LogP contribution is 2.36. The third kappa shape index (κ3) is 5.76. The van der Waals surface area contributed by atoms with Crippen molar-refractivity contribution < 1.29 is 33.0 Å². The highest BCUT2D eigenvalue weighted by atomic mass is 19.3. The predicted molar refractivity (Wildman–Crippen MR) is 127 cm³/mol. The van der Waals surface area contributed by atoms with Gasteiger partial charge >= 0.3 is 6.09 Å². The molecular formula is C24H26F2N6O5. The van der Waals surface area contributed by atoms with Gasteiger partial charge in [0.05, 0.1) is 16.8 Å². The zero-order chi connectivity index (χ0) is 26.7. The molecule has 2 heterocycles. The van der Waals surface area contributed by atoms with Gasteiger partial charge in [0.1, 0.15) is 17.5 Å². The van der Waals surface area contributed by atoms with Gasteiger partial charge in [0.25, 0.3) is 12.3 Å². The van der Waals surface area contributed by atoms with E-state index in [1.54, 1.807) is 6.07 Å². The van der Waals surface area contributed by atoms with Crippen LogP contribution < -0.4 is 10.6 Å². The minimum absolute atomic E-state index is 0.0156. The van der Waals surface area contributed by atoms with Crippen LogP contribution in [-0.2, 0) is 4.74 Å². The van der Waals surface area contributed by atoms with E-state index in [4.69, 9.17) is 4.74 Å². The van der Waals surface area contributed by atoms with E-state index in [1.807, 2.05) is 13.8 Å². The molecule has 0 bridgehead atoms. The van der Waals surface area contributed by atoms with E-state index in [0.29, 0.717) is 24.8 Å². The maximum Gasteiger partial charge on any atom is 0.407 e. The molecule has 37 heavy (non-hydrogen) atoms. The number of aromatic nitrogens is 4. The van der Waals surface area contributed by atoms with Crippen molar-refractivity contribution in [2.45, 2.75) is 57.6 Å². The Hall–Kier alpha value is -4.29. The number of hydrogen-bond donors (Lipinski definition) is 4. The van der Waals surface area contributed by atoms with E-state index in [1.165, 1.54) is 18.2 Å². The first-order valence-corrected chi connectivity index (χ1v) is 11.6. The van der Waals surface area contributed by atoms with Crippen molar-refractivity contribution in [1.82, 2.24) is 25.3 Å². The summed E-state index contributed by atoms with van der Waals surface area (Å²) in [6.45, 7) is 3.67. The fourth-order valence-electron chi connectivity index (χ4n) is 4.25. The molecule has 2 amide bonds. The molecule has 196 valence electrons. The number of H-pyrrole nitrogens is 1. The first-order valence-electron chi connectivity index (χ1n) is 11.6. The molecule has 4 N–H and O–H groups in total. The molecule has 13 heteroatoms. The van der Waals surface area contributed by atoms with Crippen LogP contribution >= 0.6 is 0 Å². The second-order valence-corrected chi connectivity index (χ2v) is 9.00. The van der Waals surface area contributed by atoms with E-state index >= 15 is 0 Å². The lowest BCUT2D eigenvalue weighted by atomic mass is 10.0. The topological polar surface area (TPSA) is 151 Å². The molecule has 0 spiro atoms. The van der Waals surface area contributed by atoms with Crippen LogP contribution in [0, 0.1) is 0 Å². The predicted octanol–water partition coefficient (Wildman–Crippen LogP) is 4.07. The zero-order valence-electron chi connectivity index (χ0n) is 20.1. The number of phenolic OH excluding ortho intramolecular Hbond substituents is 1. The number of carbonyl (C=O) groups excluding carboxylic acids is 3. The Morgan fingerprint density at radius 3 is 2.78 bits per heavy atom. The smallest absolute Gasteiger partial charge is 0.407 e. The standard InChI is InChI=1S/C24H26F2N6O5/c1-12(2)27-24(36)37-14-7-6-13(8-14)17-9-20(30-29-17)28-23(35)15-10-32(31-21(15)22(25)26)18-4-3-5-19(34)16(18)11-33/h3-5,9-14,22,34H,6-8H2,1-2H3,(H,27,36)(H2,28,29,30,35). The van der Waals surface area contributed by atoms with Crippen molar-refractivity contribution in [2.75, 3.05) is 5.32 Å². The number of rotatable bonds is 8. The average Bonchev–Trinajstić information content (AvgIpc) is 3.58. The summed E-state index contributed by atoms with van der Waals surface area (Å²) in [6, 6.07) is 5.66. The molecule has 1 fully saturated rings. The lowest BCUT2D eigenvalue weighted by molar-refractivity contribution is 0.0979. The van der Waals surface area contributed by atoms with E-state index in [9.17, 15) is 28.3 Å². The number of nitrogens with one attached hydrogen (secondary N) is 3. The summed E-state index contributed by atoms with van der Waals surface area (Å²) in [4.78, 5) is 36.1. The molecule has 1 aromatic carbocycles. The Labute approximate surface area is 210 Å². The number of hydrogen-bond acceptors (Lipinski definition) is 7. The van der Waals surface area contributed by atoms with Crippen molar-refractivity contribution >= 4 is 24.1 Å². The van der Waals surface area contributed by atoms with Gasteiger partial charge in [0.15, 0.2) is 12.1 Å². The number of phenols is 1. The first-order chi connectivity index (χ1) is 17.7. The lowest BCUT2D eigenvalue weighted by Crippen LogP contribution is -2.33. The molecule has 2 aromatic heterocycles. The molecule has 4 rings (SSSR count). The van der Waals surface area contributed by atoms with Crippen molar-refractivity contribution in [3.63, 3.8) is 0 Å². The number of benzene rings is 1. The number of alkyl carbamates (subject to hydrolysis) is 1. The van der Waals surface area contributed by atoms with Gasteiger partial charge in [-0.05, 0) is 45.2 Å². The van der Waals surface area contributed by atoms with Crippen LogP contribution in [0.15, 0.2) is 30.5 Å². The van der Waals surface area contributed by atoms with Crippen molar-refractivity contribution in [2.24, 2.45) is 0 Å². The number of aromatic amines is 1. The fourth-order valence-corrected chi connectivity index (χ4v) is 4.25. The number of aromatic hydroxyl groups is 1. The van der Waals surface area contributed by atoms with E-state index < -0.39 is 29.7 Å². The van der Waals surface area contributed by atoms with Crippen LogP contribution in [0.3, 0.4) is 0 Å². The molecule has 1 saturated carbocycles. The van der Waals surface area contributed by atoms with E-state index in [2.05, 4.69) is 25.9 Å². The summed E-state index contributed by atoms with van der Waals surface area (Å²) in [6.07, 6.45) is -0.379. The third-order valence-corrected chi connectivity index (χ3v) is 5.96. The number of nitrogens with zero attached hydrogens (tertiary/aromatic N) is 3. The van der Waals surface area contributed by atoms with E-state index in [0.717, 1.165) is 17.3 Å². The van der Waals surface area contributed by atoms with Crippen LogP contribution in [-0.4, -0.2) is 55.5 Å². The third-order valence-electron chi connectivity index (χ3n) is 5.96. The summed E-state index contributed by atoms with van der Waals surface area (Å²) in [5.41, 5.74) is -0.603. The highest BCUT2D eigenvalue weighted by Gasteiger charge is 2.31. The summed E-state index contributed by atoms with van der Waals surface area (Å²) < 4.78 is 33.7. The van der Waals surface area contributed by atoms with Crippen molar-refractivity contribution in [1.29, 1.82) is 0 Å². The van der Waals surface area contributed by atoms with Gasteiger partial charge in [0, 0.05) is 29.9 Å². The number of halogens is 2. The highest BCUT2D eigenvalue weighted by molar-refractivity contribution is 6.04. The first kappa shape index (κ1) is 25.8. The van der Waals surface area contributed by atoms with Gasteiger partial charge in [-0.15, -0.1) is 0 Å². The van der Waals surface area contributed by atoms with Crippen molar-refractivity contribution in [3.8, 4) is 11.4 Å². The summed E-state index contributed by atoms with van der Waals surface area (Å²) in [7, 11) is 0. The molecule has 3 aromatic rings. The Morgan fingerprint density at radius 1 is 1.30 bits per heavy atom. The number of amides is 2. The van der Waals surface area contributed by atoms with Crippen LogP contribution in [0.1, 0.15) is 77.6 Å². The van der Waals surface area contributed by atoms with Gasteiger partial charge in [-0.2, -0.15) is 10.2 Å². The SMILES string of the molecule is CC(C)NC(=O)OC1CCC(c2cc(NC(=O)c3cn(-c4cccc(O)c4C=O)nc3C(F)F)n[nH]2)C1. The second-order valence-electron chi connectivity index (χ2n) is 9.00. The zero-order valence-corrected chi connectivity index (χ0v) is 20.1. The Kier molecular flexibility index (Phi) is 7.50. The molecule has 0 aliphatic heterocycles. The van der Waals surface area contributed by atoms with Crippen LogP contribution in [0.2, 0.25) is 0 Å². The Bertz CT molecular complexity index is 1300. The molecule has 0 radical (unpaired) electrons. The number of alkyl halides is 2. The molecule has 11 nitrogen and oxygen atoms in total. The Balaban J connectivity index is 1.47. The largest absolute Gasteiger partial charge is 0.507 e. The molecule has 2 unspecified atom stereocenters.